The monoisotopic (exact) mass is 256 g/mol. The highest BCUT2D eigenvalue weighted by Crippen LogP contribution is 2.18. The molecule has 0 heterocycles. The van der Waals surface area contributed by atoms with Gasteiger partial charge in [-0.25, -0.2) is 0 Å². The van der Waals surface area contributed by atoms with Crippen LogP contribution in [0.2, 0.25) is 0 Å². The maximum atomic E-state index is 10.7. The van der Waals surface area contributed by atoms with Crippen LogP contribution in [0.15, 0.2) is 18.2 Å². The van der Waals surface area contributed by atoms with E-state index in [1.165, 1.54) is 0 Å². The summed E-state index contributed by atoms with van der Waals surface area (Å²) in [5.41, 5.74) is 3.42. The van der Waals surface area contributed by atoms with Crippen molar-refractivity contribution in [1.29, 1.82) is 0 Å². The van der Waals surface area contributed by atoms with Gasteiger partial charge in [0.15, 0.2) is 0 Å². The minimum atomic E-state index is -0.812. The molecule has 1 N–H and O–H groups in total. The van der Waals surface area contributed by atoms with Crippen LogP contribution in [0.3, 0.4) is 0 Å². The maximum absolute atomic E-state index is 10.7. The third-order valence-corrected chi connectivity index (χ3v) is 3.01. The molecule has 14 heavy (non-hydrogen) atoms. The molecule has 0 saturated heterocycles. The maximum Gasteiger partial charge on any atom is 0.317 e. The van der Waals surface area contributed by atoms with E-state index >= 15 is 0 Å². The van der Waals surface area contributed by atoms with Gasteiger partial charge in [0, 0.05) is 0 Å². The lowest BCUT2D eigenvalue weighted by Gasteiger charge is -2.10. The molecular formula is C11H13BrO2. The van der Waals surface area contributed by atoms with Crippen molar-refractivity contribution < 1.29 is 9.90 Å². The number of hydrogen-bond acceptors (Lipinski definition) is 1. The van der Waals surface area contributed by atoms with Crippen LogP contribution < -0.4 is 0 Å². The molecule has 0 aliphatic rings. The summed E-state index contributed by atoms with van der Waals surface area (Å²) in [6.45, 7) is 4.01. The van der Waals surface area contributed by atoms with E-state index in [1.54, 1.807) is 0 Å². The number of rotatable bonds is 3. The van der Waals surface area contributed by atoms with Gasteiger partial charge >= 0.3 is 5.97 Å². The number of halogens is 1. The molecule has 1 aromatic rings. The van der Waals surface area contributed by atoms with Crippen LogP contribution in [0.25, 0.3) is 0 Å². The summed E-state index contributed by atoms with van der Waals surface area (Å²) in [5.74, 6) is -0.812. The van der Waals surface area contributed by atoms with Crippen molar-refractivity contribution in [2.75, 3.05) is 0 Å². The van der Waals surface area contributed by atoms with E-state index in [0.717, 1.165) is 16.7 Å². The average Bonchev–Trinajstić information content (AvgIpc) is 2.11. The van der Waals surface area contributed by atoms with Crippen molar-refractivity contribution >= 4 is 21.9 Å². The fourth-order valence-electron chi connectivity index (χ4n) is 1.44. The van der Waals surface area contributed by atoms with Crippen LogP contribution in [0.4, 0.5) is 0 Å². The van der Waals surface area contributed by atoms with Gasteiger partial charge in [-0.15, -0.1) is 0 Å². The molecule has 0 aliphatic carbocycles. The molecule has 2 nitrogen and oxygen atoms in total. The zero-order chi connectivity index (χ0) is 10.7. The predicted molar refractivity (Wildman–Crippen MR) is 60.0 cm³/mol. The van der Waals surface area contributed by atoms with Crippen molar-refractivity contribution in [2.45, 2.75) is 25.1 Å². The summed E-state index contributed by atoms with van der Waals surface area (Å²) in [4.78, 5) is 10.2. The largest absolute Gasteiger partial charge is 0.480 e. The molecule has 3 heteroatoms. The zero-order valence-electron chi connectivity index (χ0n) is 8.25. The second-order valence-corrected chi connectivity index (χ2v) is 4.49. The Morgan fingerprint density at radius 3 is 2.36 bits per heavy atom. The van der Waals surface area contributed by atoms with Gasteiger partial charge in [0.1, 0.15) is 4.83 Å². The quantitative estimate of drug-likeness (QED) is 0.845. The third kappa shape index (κ3) is 2.58. The number of carboxylic acids is 1. The standard InChI is InChI=1S/C11H13BrO2/c1-7-4-3-5-8(2)9(7)6-10(12)11(13)14/h3-5,10H,6H2,1-2H3,(H,13,14)/t10-/m1/s1. The fourth-order valence-corrected chi connectivity index (χ4v) is 1.76. The lowest BCUT2D eigenvalue weighted by molar-refractivity contribution is -0.136. The smallest absolute Gasteiger partial charge is 0.317 e. The highest BCUT2D eigenvalue weighted by molar-refractivity contribution is 9.10. The van der Waals surface area contributed by atoms with Gasteiger partial charge in [0.25, 0.3) is 0 Å². The van der Waals surface area contributed by atoms with E-state index in [1.807, 2.05) is 32.0 Å². The highest BCUT2D eigenvalue weighted by atomic mass is 79.9. The first-order chi connectivity index (χ1) is 6.52. The van der Waals surface area contributed by atoms with Crippen molar-refractivity contribution in [3.63, 3.8) is 0 Å². The van der Waals surface area contributed by atoms with Gasteiger partial charge in [-0.1, -0.05) is 34.1 Å². The van der Waals surface area contributed by atoms with Gasteiger partial charge in [0.05, 0.1) is 0 Å². The molecule has 0 saturated carbocycles. The molecule has 1 aromatic carbocycles. The first kappa shape index (κ1) is 11.2. The number of hydrogen-bond donors (Lipinski definition) is 1. The first-order valence-corrected chi connectivity index (χ1v) is 5.36. The van der Waals surface area contributed by atoms with Crippen molar-refractivity contribution in [3.05, 3.63) is 34.9 Å². The molecule has 1 atom stereocenters. The van der Waals surface area contributed by atoms with Crippen molar-refractivity contribution in [2.24, 2.45) is 0 Å². The summed E-state index contributed by atoms with van der Waals surface area (Å²) in [6.07, 6.45) is 0.536. The van der Waals surface area contributed by atoms with Crippen molar-refractivity contribution in [1.82, 2.24) is 0 Å². The Balaban J connectivity index is 2.91. The zero-order valence-corrected chi connectivity index (χ0v) is 9.84. The summed E-state index contributed by atoms with van der Waals surface area (Å²) >= 11 is 3.15. The molecule has 1 rings (SSSR count). The molecular weight excluding hydrogens is 244 g/mol. The minimum absolute atomic E-state index is 0.498. The van der Waals surface area contributed by atoms with Crippen LogP contribution in [-0.2, 0) is 11.2 Å². The molecule has 76 valence electrons. The SMILES string of the molecule is Cc1cccc(C)c1C[C@@H](Br)C(=O)O. The lowest BCUT2D eigenvalue weighted by atomic mass is 9.99. The Morgan fingerprint density at radius 2 is 1.93 bits per heavy atom. The van der Waals surface area contributed by atoms with E-state index < -0.39 is 10.8 Å². The Labute approximate surface area is 92.1 Å². The summed E-state index contributed by atoms with van der Waals surface area (Å²) in [7, 11) is 0. The van der Waals surface area contributed by atoms with Gasteiger partial charge in [-0.05, 0) is 37.0 Å². The fraction of sp³-hybridized carbons (Fsp3) is 0.364. The minimum Gasteiger partial charge on any atom is -0.480 e. The van der Waals surface area contributed by atoms with E-state index in [0.29, 0.717) is 6.42 Å². The summed E-state index contributed by atoms with van der Waals surface area (Å²) in [6, 6.07) is 5.99. The number of alkyl halides is 1. The van der Waals surface area contributed by atoms with Crippen LogP contribution in [0, 0.1) is 13.8 Å². The number of carboxylic acid groups (broad SMARTS) is 1. The average molecular weight is 257 g/mol. The topological polar surface area (TPSA) is 37.3 Å². The Kier molecular flexibility index (Phi) is 3.69. The normalized spacial score (nSPS) is 12.5. The van der Waals surface area contributed by atoms with E-state index in [-0.39, 0.29) is 0 Å². The molecule has 0 bridgehead atoms. The Hall–Kier alpha value is -0.830. The van der Waals surface area contributed by atoms with Gasteiger partial charge < -0.3 is 5.11 Å². The molecule has 0 aliphatic heterocycles. The molecule has 0 radical (unpaired) electrons. The number of aryl methyl sites for hydroxylation is 2. The number of carbonyl (C=O) groups is 1. The van der Waals surface area contributed by atoms with Crippen LogP contribution in [-0.4, -0.2) is 15.9 Å². The van der Waals surface area contributed by atoms with E-state index in [4.69, 9.17) is 5.11 Å². The van der Waals surface area contributed by atoms with Gasteiger partial charge in [0.2, 0.25) is 0 Å². The number of aliphatic carboxylic acids is 1. The highest BCUT2D eigenvalue weighted by Gasteiger charge is 2.15. The molecule has 0 fully saturated rings. The molecule has 0 amide bonds. The van der Waals surface area contributed by atoms with Crippen LogP contribution in [0.1, 0.15) is 16.7 Å². The van der Waals surface area contributed by atoms with Crippen LogP contribution in [0.5, 0.6) is 0 Å². The van der Waals surface area contributed by atoms with E-state index in [9.17, 15) is 4.79 Å². The number of benzene rings is 1. The Bertz CT molecular complexity index is 327. The molecule has 0 unspecified atom stereocenters. The third-order valence-electron chi connectivity index (χ3n) is 2.30. The summed E-state index contributed by atoms with van der Waals surface area (Å²) in [5, 5.41) is 8.78. The molecule has 0 spiro atoms. The second kappa shape index (κ2) is 4.60. The first-order valence-electron chi connectivity index (χ1n) is 4.44. The van der Waals surface area contributed by atoms with E-state index in [2.05, 4.69) is 15.9 Å². The van der Waals surface area contributed by atoms with Crippen molar-refractivity contribution in [3.8, 4) is 0 Å². The predicted octanol–water partition coefficient (Wildman–Crippen LogP) is 2.69. The summed E-state index contributed by atoms with van der Waals surface area (Å²) < 4.78 is 0. The lowest BCUT2D eigenvalue weighted by Crippen LogP contribution is -2.16. The second-order valence-electron chi connectivity index (χ2n) is 3.38. The molecule has 0 aromatic heterocycles. The van der Waals surface area contributed by atoms with Gasteiger partial charge in [-0.2, -0.15) is 0 Å². The Morgan fingerprint density at radius 1 is 1.43 bits per heavy atom. The van der Waals surface area contributed by atoms with Crippen LogP contribution >= 0.6 is 15.9 Å². The van der Waals surface area contributed by atoms with Gasteiger partial charge in [-0.3, -0.25) is 4.79 Å².